The maximum absolute atomic E-state index is 11.5. The number of aromatic nitrogens is 1. The van der Waals surface area contributed by atoms with Gasteiger partial charge in [0.05, 0.1) is 5.69 Å². The number of amides is 1. The van der Waals surface area contributed by atoms with Crippen LogP contribution in [0.15, 0.2) is 48.7 Å². The van der Waals surface area contributed by atoms with E-state index in [1.807, 2.05) is 42.5 Å². The first-order valence-corrected chi connectivity index (χ1v) is 5.83. The van der Waals surface area contributed by atoms with Gasteiger partial charge in [-0.05, 0) is 35.9 Å². The minimum Gasteiger partial charge on any atom is -0.286 e. The molecular weight excluding hydrogens is 240 g/mol. The van der Waals surface area contributed by atoms with Gasteiger partial charge in [0, 0.05) is 18.8 Å². The predicted molar refractivity (Wildman–Crippen MR) is 73.5 cm³/mol. The number of hydroxylamine groups is 2. The molecule has 19 heavy (non-hydrogen) atoms. The molecule has 2 rings (SSSR count). The summed E-state index contributed by atoms with van der Waals surface area (Å²) in [6, 6.07) is 12.7. The van der Waals surface area contributed by atoms with Gasteiger partial charge in [0.2, 0.25) is 0 Å². The lowest BCUT2D eigenvalue weighted by Crippen LogP contribution is -2.22. The maximum atomic E-state index is 11.5. The Morgan fingerprint density at radius 1 is 1.16 bits per heavy atom. The molecule has 0 saturated heterocycles. The number of rotatable bonds is 3. The Morgan fingerprint density at radius 2 is 1.89 bits per heavy atom. The number of hydrogen-bond donors (Lipinski definition) is 1. The Labute approximate surface area is 111 Å². The van der Waals surface area contributed by atoms with Crippen LogP contribution in [0.25, 0.3) is 12.2 Å². The zero-order valence-corrected chi connectivity index (χ0v) is 10.5. The van der Waals surface area contributed by atoms with Gasteiger partial charge in [-0.25, -0.2) is 5.06 Å². The molecule has 0 radical (unpaired) electrons. The highest BCUT2D eigenvalue weighted by Gasteiger charge is 2.07. The molecule has 1 heterocycles. The summed E-state index contributed by atoms with van der Waals surface area (Å²) in [7, 11) is 1.30. The quantitative estimate of drug-likeness (QED) is 0.676. The van der Waals surface area contributed by atoms with E-state index < -0.39 is 5.91 Å². The molecule has 96 valence electrons. The minimum absolute atomic E-state index is 0.430. The van der Waals surface area contributed by atoms with Crippen molar-refractivity contribution in [1.29, 1.82) is 0 Å². The van der Waals surface area contributed by atoms with Crippen LogP contribution in [0.4, 0.5) is 0 Å². The summed E-state index contributed by atoms with van der Waals surface area (Å²) in [5.74, 6) is -0.430. The molecule has 1 amide bonds. The van der Waals surface area contributed by atoms with E-state index in [0.717, 1.165) is 11.3 Å². The zero-order chi connectivity index (χ0) is 13.7. The van der Waals surface area contributed by atoms with Gasteiger partial charge >= 0.3 is 0 Å². The van der Waals surface area contributed by atoms with Crippen molar-refractivity contribution in [2.45, 2.75) is 0 Å². The second kappa shape index (κ2) is 5.93. The Kier molecular flexibility index (Phi) is 4.05. The molecule has 2 aromatic rings. The van der Waals surface area contributed by atoms with Gasteiger partial charge in [0.15, 0.2) is 0 Å². The lowest BCUT2D eigenvalue weighted by atomic mass is 10.1. The fourth-order valence-corrected chi connectivity index (χ4v) is 1.58. The van der Waals surface area contributed by atoms with Gasteiger partial charge in [-0.15, -0.1) is 0 Å². The van der Waals surface area contributed by atoms with Crippen LogP contribution in [0.3, 0.4) is 0 Å². The van der Waals surface area contributed by atoms with Crippen molar-refractivity contribution in [2.24, 2.45) is 0 Å². The number of carbonyl (C=O) groups excluding carboxylic acids is 1. The zero-order valence-electron chi connectivity index (χ0n) is 10.5. The minimum atomic E-state index is -0.430. The van der Waals surface area contributed by atoms with E-state index in [4.69, 9.17) is 5.21 Å². The molecule has 0 saturated carbocycles. The average molecular weight is 254 g/mol. The first kappa shape index (κ1) is 13.0. The summed E-state index contributed by atoms with van der Waals surface area (Å²) in [4.78, 5) is 15.7. The van der Waals surface area contributed by atoms with E-state index in [1.54, 1.807) is 18.3 Å². The SMILES string of the molecule is CN(O)C(=O)c1ccc(C=Cc2ccccn2)cc1. The van der Waals surface area contributed by atoms with Gasteiger partial charge < -0.3 is 0 Å². The topological polar surface area (TPSA) is 53.4 Å². The summed E-state index contributed by atoms with van der Waals surface area (Å²) in [6.07, 6.45) is 5.55. The lowest BCUT2D eigenvalue weighted by molar-refractivity contribution is -0.0374. The number of pyridine rings is 1. The first-order valence-electron chi connectivity index (χ1n) is 5.83. The van der Waals surface area contributed by atoms with E-state index in [0.29, 0.717) is 10.6 Å². The number of carbonyl (C=O) groups is 1. The van der Waals surface area contributed by atoms with Crippen LogP contribution in [0.5, 0.6) is 0 Å². The Morgan fingerprint density at radius 3 is 2.47 bits per heavy atom. The smallest absolute Gasteiger partial charge is 0.276 e. The molecular formula is C15H14N2O2. The molecule has 0 aliphatic carbocycles. The third-order valence-corrected chi connectivity index (χ3v) is 2.59. The van der Waals surface area contributed by atoms with Crippen LogP contribution >= 0.6 is 0 Å². The normalized spacial score (nSPS) is 10.6. The second-order valence-electron chi connectivity index (χ2n) is 4.04. The summed E-state index contributed by atoms with van der Waals surface area (Å²) < 4.78 is 0. The Balaban J connectivity index is 2.11. The number of nitrogens with zero attached hydrogens (tertiary/aromatic N) is 2. The van der Waals surface area contributed by atoms with Crippen LogP contribution in [0, 0.1) is 0 Å². The Bertz CT molecular complexity index is 575. The molecule has 0 bridgehead atoms. The molecule has 0 spiro atoms. The molecule has 0 fully saturated rings. The van der Waals surface area contributed by atoms with Gasteiger partial charge in [-0.1, -0.05) is 24.3 Å². The van der Waals surface area contributed by atoms with Gasteiger partial charge in [-0.2, -0.15) is 0 Å². The van der Waals surface area contributed by atoms with Crippen molar-refractivity contribution in [3.8, 4) is 0 Å². The fraction of sp³-hybridized carbons (Fsp3) is 0.0667. The van der Waals surface area contributed by atoms with Crippen molar-refractivity contribution in [2.75, 3.05) is 7.05 Å². The highest BCUT2D eigenvalue weighted by atomic mass is 16.5. The number of hydrogen-bond acceptors (Lipinski definition) is 3. The largest absolute Gasteiger partial charge is 0.286 e. The van der Waals surface area contributed by atoms with E-state index in [1.165, 1.54) is 7.05 Å². The van der Waals surface area contributed by atoms with E-state index >= 15 is 0 Å². The van der Waals surface area contributed by atoms with Crippen molar-refractivity contribution < 1.29 is 10.0 Å². The van der Waals surface area contributed by atoms with Crippen LogP contribution in [-0.2, 0) is 0 Å². The molecule has 1 aromatic carbocycles. The highest BCUT2D eigenvalue weighted by molar-refractivity contribution is 5.93. The third kappa shape index (κ3) is 3.50. The van der Waals surface area contributed by atoms with Crippen molar-refractivity contribution in [1.82, 2.24) is 10.0 Å². The molecule has 4 nitrogen and oxygen atoms in total. The van der Waals surface area contributed by atoms with E-state index in [-0.39, 0.29) is 0 Å². The number of benzene rings is 1. The lowest BCUT2D eigenvalue weighted by Gasteiger charge is -2.07. The van der Waals surface area contributed by atoms with Crippen molar-refractivity contribution in [3.05, 3.63) is 65.5 Å². The molecule has 0 atom stereocenters. The van der Waals surface area contributed by atoms with E-state index in [2.05, 4.69) is 4.98 Å². The standard InChI is InChI=1S/C15H14N2O2/c1-17(19)15(18)13-8-5-12(6-9-13)7-10-14-4-2-3-11-16-14/h2-11,19H,1H3. The molecule has 4 heteroatoms. The van der Waals surface area contributed by atoms with Crippen LogP contribution in [0.1, 0.15) is 21.6 Å². The first-order chi connectivity index (χ1) is 9.16. The maximum Gasteiger partial charge on any atom is 0.276 e. The summed E-state index contributed by atoms with van der Waals surface area (Å²) >= 11 is 0. The summed E-state index contributed by atoms with van der Waals surface area (Å²) in [6.45, 7) is 0. The van der Waals surface area contributed by atoms with Crippen LogP contribution in [0.2, 0.25) is 0 Å². The van der Waals surface area contributed by atoms with Gasteiger partial charge in [-0.3, -0.25) is 15.0 Å². The molecule has 1 aromatic heterocycles. The summed E-state index contributed by atoms with van der Waals surface area (Å²) in [5, 5.41) is 9.63. The van der Waals surface area contributed by atoms with Gasteiger partial charge in [0.1, 0.15) is 0 Å². The fourth-order valence-electron chi connectivity index (χ4n) is 1.58. The highest BCUT2D eigenvalue weighted by Crippen LogP contribution is 2.09. The molecule has 0 aliphatic rings. The predicted octanol–water partition coefficient (Wildman–Crippen LogP) is 2.71. The van der Waals surface area contributed by atoms with Gasteiger partial charge in [0.25, 0.3) is 5.91 Å². The molecule has 0 unspecified atom stereocenters. The Hall–Kier alpha value is -2.46. The second-order valence-corrected chi connectivity index (χ2v) is 4.04. The summed E-state index contributed by atoms with van der Waals surface area (Å²) in [5.41, 5.74) is 2.28. The van der Waals surface area contributed by atoms with Crippen LogP contribution < -0.4 is 0 Å². The van der Waals surface area contributed by atoms with Crippen LogP contribution in [-0.4, -0.2) is 28.2 Å². The average Bonchev–Trinajstić information content (AvgIpc) is 2.46. The molecule has 1 N–H and O–H groups in total. The van der Waals surface area contributed by atoms with Crippen molar-refractivity contribution >= 4 is 18.1 Å². The monoisotopic (exact) mass is 254 g/mol. The molecule has 0 aliphatic heterocycles. The third-order valence-electron chi connectivity index (χ3n) is 2.59. The van der Waals surface area contributed by atoms with E-state index in [9.17, 15) is 4.79 Å². The van der Waals surface area contributed by atoms with Crippen molar-refractivity contribution in [3.63, 3.8) is 0 Å².